The quantitative estimate of drug-likeness (QED) is 0.451. The molecule has 1 saturated carbocycles. The number of nitrogens with zero attached hydrogens (tertiary/aromatic N) is 1. The molecule has 1 fully saturated rings. The third kappa shape index (κ3) is 3.57. The molecule has 19 heavy (non-hydrogen) atoms. The smallest absolute Gasteiger partial charge is 0.258 e. The third-order valence-electron chi connectivity index (χ3n) is 3.76. The van der Waals surface area contributed by atoms with E-state index in [-0.39, 0.29) is 10.6 Å². The maximum atomic E-state index is 11.0. The molecule has 1 aromatic rings. The van der Waals surface area contributed by atoms with E-state index in [9.17, 15) is 10.1 Å². The molecule has 0 bridgehead atoms. The van der Waals surface area contributed by atoms with E-state index in [1.54, 1.807) is 18.2 Å². The molecule has 3 nitrogen and oxygen atoms in total. The van der Waals surface area contributed by atoms with Crippen LogP contribution in [-0.4, -0.2) is 10.8 Å². The first-order valence-electron chi connectivity index (χ1n) is 6.72. The Morgan fingerprint density at radius 1 is 1.32 bits per heavy atom. The predicted octanol–water partition coefficient (Wildman–Crippen LogP) is 4.80. The van der Waals surface area contributed by atoms with Gasteiger partial charge in [-0.3, -0.25) is 10.1 Å². The number of para-hydroxylation sites is 1. The standard InChI is InChI=1S/C15H18ClNO2/c16-11-14(12-6-2-1-3-7-12)10-13-8-4-5-9-15(13)17(18)19/h4-5,8-10,12H,1-3,6-7,11H2. The summed E-state index contributed by atoms with van der Waals surface area (Å²) in [4.78, 5) is 10.7. The normalized spacial score (nSPS) is 17.4. The van der Waals surface area contributed by atoms with Crippen LogP contribution in [0.3, 0.4) is 0 Å². The van der Waals surface area contributed by atoms with E-state index in [4.69, 9.17) is 11.6 Å². The molecule has 1 aromatic carbocycles. The van der Waals surface area contributed by atoms with Crippen LogP contribution in [-0.2, 0) is 0 Å². The summed E-state index contributed by atoms with van der Waals surface area (Å²) in [5.74, 6) is 0.947. The number of nitro benzene ring substituents is 1. The minimum absolute atomic E-state index is 0.154. The average molecular weight is 280 g/mol. The van der Waals surface area contributed by atoms with Crippen LogP contribution in [0.25, 0.3) is 6.08 Å². The number of alkyl halides is 1. The Morgan fingerprint density at radius 3 is 2.63 bits per heavy atom. The van der Waals surface area contributed by atoms with Gasteiger partial charge in [-0.15, -0.1) is 11.6 Å². The first kappa shape index (κ1) is 14.1. The van der Waals surface area contributed by atoms with Crippen LogP contribution in [0.1, 0.15) is 37.7 Å². The Balaban J connectivity index is 2.29. The summed E-state index contributed by atoms with van der Waals surface area (Å²) in [6.45, 7) is 0. The highest BCUT2D eigenvalue weighted by Crippen LogP contribution is 2.32. The van der Waals surface area contributed by atoms with Crippen molar-refractivity contribution >= 4 is 23.4 Å². The maximum absolute atomic E-state index is 11.0. The monoisotopic (exact) mass is 279 g/mol. The molecular formula is C15H18ClNO2. The van der Waals surface area contributed by atoms with Crippen LogP contribution in [0.4, 0.5) is 5.69 Å². The fourth-order valence-electron chi connectivity index (χ4n) is 2.71. The second-order valence-corrected chi connectivity index (χ2v) is 5.27. The van der Waals surface area contributed by atoms with Gasteiger partial charge in [-0.25, -0.2) is 0 Å². The topological polar surface area (TPSA) is 43.1 Å². The van der Waals surface area contributed by atoms with E-state index in [2.05, 4.69) is 0 Å². The summed E-state index contributed by atoms with van der Waals surface area (Å²) in [5, 5.41) is 11.0. The van der Waals surface area contributed by atoms with Crippen LogP contribution in [0.5, 0.6) is 0 Å². The molecule has 0 unspecified atom stereocenters. The summed E-state index contributed by atoms with van der Waals surface area (Å²) >= 11 is 6.04. The molecule has 0 amide bonds. The molecule has 0 heterocycles. The Morgan fingerprint density at radius 2 is 2.00 bits per heavy atom. The van der Waals surface area contributed by atoms with Gasteiger partial charge in [0.2, 0.25) is 0 Å². The largest absolute Gasteiger partial charge is 0.276 e. The Bertz CT molecular complexity index is 479. The van der Waals surface area contributed by atoms with E-state index in [1.165, 1.54) is 19.3 Å². The SMILES string of the molecule is O=[N+]([O-])c1ccccc1C=C(CCl)C1CCCCC1. The highest BCUT2D eigenvalue weighted by molar-refractivity contribution is 6.19. The van der Waals surface area contributed by atoms with Crippen molar-refractivity contribution in [2.24, 2.45) is 5.92 Å². The van der Waals surface area contributed by atoms with Crippen molar-refractivity contribution in [2.45, 2.75) is 32.1 Å². The predicted molar refractivity (Wildman–Crippen MR) is 78.4 cm³/mol. The first-order valence-corrected chi connectivity index (χ1v) is 7.25. The number of rotatable bonds is 4. The van der Waals surface area contributed by atoms with Gasteiger partial charge in [0.1, 0.15) is 0 Å². The maximum Gasteiger partial charge on any atom is 0.276 e. The fraction of sp³-hybridized carbons (Fsp3) is 0.467. The van der Waals surface area contributed by atoms with Crippen LogP contribution < -0.4 is 0 Å². The van der Waals surface area contributed by atoms with Gasteiger partial charge < -0.3 is 0 Å². The highest BCUT2D eigenvalue weighted by Gasteiger charge is 2.19. The molecule has 4 heteroatoms. The number of halogens is 1. The van der Waals surface area contributed by atoms with Gasteiger partial charge >= 0.3 is 0 Å². The fourth-order valence-corrected chi connectivity index (χ4v) is 3.01. The first-order chi connectivity index (χ1) is 9.22. The molecule has 0 atom stereocenters. The lowest BCUT2D eigenvalue weighted by molar-refractivity contribution is -0.385. The number of nitro groups is 1. The molecule has 2 rings (SSSR count). The van der Waals surface area contributed by atoms with Crippen molar-refractivity contribution in [3.8, 4) is 0 Å². The van der Waals surface area contributed by atoms with Gasteiger partial charge in [0.15, 0.2) is 0 Å². The zero-order valence-electron chi connectivity index (χ0n) is 10.8. The molecule has 0 aromatic heterocycles. The molecule has 1 aliphatic rings. The highest BCUT2D eigenvalue weighted by atomic mass is 35.5. The van der Waals surface area contributed by atoms with Gasteiger partial charge in [0.25, 0.3) is 5.69 Å². The molecule has 0 saturated heterocycles. The molecule has 0 N–H and O–H groups in total. The second-order valence-electron chi connectivity index (χ2n) is 5.00. The van der Waals surface area contributed by atoms with E-state index >= 15 is 0 Å². The van der Waals surface area contributed by atoms with Crippen LogP contribution in [0.2, 0.25) is 0 Å². The Labute approximate surface area is 118 Å². The molecule has 0 aliphatic heterocycles. The zero-order valence-corrected chi connectivity index (χ0v) is 11.6. The second kappa shape index (κ2) is 6.71. The molecule has 102 valence electrons. The lowest BCUT2D eigenvalue weighted by atomic mass is 9.83. The molecule has 1 aliphatic carbocycles. The van der Waals surface area contributed by atoms with Crippen LogP contribution >= 0.6 is 11.6 Å². The Kier molecular flexibility index (Phi) is 4.97. The number of allylic oxidation sites excluding steroid dienone is 1. The summed E-state index contributed by atoms with van der Waals surface area (Å²) < 4.78 is 0. The lowest BCUT2D eigenvalue weighted by Crippen LogP contribution is -2.10. The minimum Gasteiger partial charge on any atom is -0.258 e. The molecule has 0 radical (unpaired) electrons. The summed E-state index contributed by atoms with van der Waals surface area (Å²) in [5.41, 5.74) is 1.95. The van der Waals surface area contributed by atoms with Crippen molar-refractivity contribution < 1.29 is 4.92 Å². The number of hydrogen-bond acceptors (Lipinski definition) is 2. The van der Waals surface area contributed by atoms with Gasteiger partial charge in [-0.05, 0) is 30.9 Å². The zero-order chi connectivity index (χ0) is 13.7. The Hall–Kier alpha value is -1.35. The van der Waals surface area contributed by atoms with E-state index < -0.39 is 0 Å². The molecular weight excluding hydrogens is 262 g/mol. The van der Waals surface area contributed by atoms with Crippen LogP contribution in [0, 0.1) is 16.0 Å². The van der Waals surface area contributed by atoms with Gasteiger partial charge in [0, 0.05) is 11.9 Å². The summed E-state index contributed by atoms with van der Waals surface area (Å²) in [7, 11) is 0. The van der Waals surface area contributed by atoms with Crippen molar-refractivity contribution in [3.05, 3.63) is 45.5 Å². The average Bonchev–Trinajstić information content (AvgIpc) is 2.46. The number of hydrogen-bond donors (Lipinski definition) is 0. The summed E-state index contributed by atoms with van der Waals surface area (Å²) in [6.07, 6.45) is 7.97. The van der Waals surface area contributed by atoms with E-state index in [0.29, 0.717) is 17.4 Å². The third-order valence-corrected chi connectivity index (χ3v) is 4.07. The van der Waals surface area contributed by atoms with Gasteiger partial charge in [0.05, 0.1) is 10.5 Å². The van der Waals surface area contributed by atoms with E-state index in [0.717, 1.165) is 18.4 Å². The van der Waals surface area contributed by atoms with E-state index in [1.807, 2.05) is 12.1 Å². The van der Waals surface area contributed by atoms with Crippen molar-refractivity contribution in [2.75, 3.05) is 5.88 Å². The number of benzene rings is 1. The van der Waals surface area contributed by atoms with Gasteiger partial charge in [-0.1, -0.05) is 37.0 Å². The lowest BCUT2D eigenvalue weighted by Gasteiger charge is -2.23. The minimum atomic E-state index is -0.335. The summed E-state index contributed by atoms with van der Waals surface area (Å²) in [6, 6.07) is 6.84. The van der Waals surface area contributed by atoms with Crippen molar-refractivity contribution in [3.63, 3.8) is 0 Å². The van der Waals surface area contributed by atoms with Crippen molar-refractivity contribution in [1.29, 1.82) is 0 Å². The van der Waals surface area contributed by atoms with Crippen molar-refractivity contribution in [1.82, 2.24) is 0 Å². The molecule has 0 spiro atoms. The van der Waals surface area contributed by atoms with Gasteiger partial charge in [-0.2, -0.15) is 0 Å². The van der Waals surface area contributed by atoms with Crippen LogP contribution in [0.15, 0.2) is 29.8 Å².